The maximum absolute atomic E-state index is 12.6. The number of allylic oxidation sites excluding steroid dienone is 6. The molecular formula is C41H74O9. The first-order chi connectivity index (χ1) is 24.4. The van der Waals surface area contributed by atoms with E-state index in [1.165, 1.54) is 77.0 Å². The highest BCUT2D eigenvalue weighted by Crippen LogP contribution is 2.22. The quantitative estimate of drug-likeness (QED) is 0.0303. The summed E-state index contributed by atoms with van der Waals surface area (Å²) < 4.78 is 22.6. The number of esters is 1. The van der Waals surface area contributed by atoms with Crippen LogP contribution in [0.5, 0.6) is 0 Å². The molecule has 50 heavy (non-hydrogen) atoms. The van der Waals surface area contributed by atoms with Gasteiger partial charge in [0.05, 0.1) is 19.8 Å². The molecule has 1 fully saturated rings. The maximum Gasteiger partial charge on any atom is 0.306 e. The van der Waals surface area contributed by atoms with Crippen LogP contribution in [0.2, 0.25) is 0 Å². The fourth-order valence-corrected chi connectivity index (χ4v) is 5.85. The third-order valence-electron chi connectivity index (χ3n) is 9.06. The Morgan fingerprint density at radius 3 is 1.78 bits per heavy atom. The first-order valence-corrected chi connectivity index (χ1v) is 20.1. The molecule has 0 saturated carbocycles. The van der Waals surface area contributed by atoms with Gasteiger partial charge in [0, 0.05) is 13.0 Å². The number of carbonyl (C=O) groups is 1. The fourth-order valence-electron chi connectivity index (χ4n) is 5.85. The second-order valence-corrected chi connectivity index (χ2v) is 13.7. The Morgan fingerprint density at radius 2 is 1.16 bits per heavy atom. The van der Waals surface area contributed by atoms with E-state index in [-0.39, 0.29) is 19.2 Å². The van der Waals surface area contributed by atoms with Gasteiger partial charge in [-0.05, 0) is 51.4 Å². The summed E-state index contributed by atoms with van der Waals surface area (Å²) >= 11 is 0. The van der Waals surface area contributed by atoms with E-state index in [1.807, 2.05) is 0 Å². The lowest BCUT2D eigenvalue weighted by atomic mass is 9.99. The molecule has 0 radical (unpaired) electrons. The third-order valence-corrected chi connectivity index (χ3v) is 9.06. The van der Waals surface area contributed by atoms with Crippen molar-refractivity contribution >= 4 is 5.97 Å². The molecule has 6 atom stereocenters. The van der Waals surface area contributed by atoms with Crippen molar-refractivity contribution in [2.45, 2.75) is 192 Å². The molecule has 0 aromatic rings. The molecule has 0 bridgehead atoms. The van der Waals surface area contributed by atoms with E-state index in [0.29, 0.717) is 13.0 Å². The van der Waals surface area contributed by atoms with Crippen LogP contribution in [0.25, 0.3) is 0 Å². The van der Waals surface area contributed by atoms with Gasteiger partial charge in [0.15, 0.2) is 6.29 Å². The zero-order chi connectivity index (χ0) is 36.5. The molecule has 6 unspecified atom stereocenters. The predicted molar refractivity (Wildman–Crippen MR) is 201 cm³/mol. The lowest BCUT2D eigenvalue weighted by molar-refractivity contribution is -0.305. The summed E-state index contributed by atoms with van der Waals surface area (Å²) in [5.74, 6) is -0.326. The molecule has 1 aliphatic rings. The van der Waals surface area contributed by atoms with Gasteiger partial charge in [-0.3, -0.25) is 4.79 Å². The number of ether oxygens (including phenoxy) is 4. The average molecular weight is 711 g/mol. The molecule has 9 heteroatoms. The number of aliphatic hydroxyl groups excluding tert-OH is 4. The maximum atomic E-state index is 12.6. The zero-order valence-electron chi connectivity index (χ0n) is 31.6. The smallest absolute Gasteiger partial charge is 0.306 e. The van der Waals surface area contributed by atoms with Crippen molar-refractivity contribution < 1.29 is 44.2 Å². The van der Waals surface area contributed by atoms with E-state index in [4.69, 9.17) is 18.9 Å². The van der Waals surface area contributed by atoms with Gasteiger partial charge in [-0.2, -0.15) is 0 Å². The Kier molecular flexibility index (Phi) is 30.9. The van der Waals surface area contributed by atoms with Gasteiger partial charge in [0.25, 0.3) is 0 Å². The van der Waals surface area contributed by atoms with E-state index < -0.39 is 43.4 Å². The highest BCUT2D eigenvalue weighted by molar-refractivity contribution is 5.69. The first-order valence-electron chi connectivity index (χ1n) is 20.1. The standard InChI is InChI=1S/C41H74O9/c1-3-5-7-9-11-12-13-14-15-16-17-18-19-20-21-22-23-25-27-29-31-47-33-35(49-37(43)30-28-26-24-10-8-6-4-2)34-48-41-40(46)39(45)38(44)36(32-42)50-41/h11-12,14-15,17-18,35-36,38-42,44-46H,3-10,13,16,19-34H2,1-2H3/b12-11-,15-14-,18-17-. The van der Waals surface area contributed by atoms with Crippen molar-refractivity contribution in [1.29, 1.82) is 0 Å². The molecule has 292 valence electrons. The third kappa shape index (κ3) is 24.6. The molecule has 1 heterocycles. The highest BCUT2D eigenvalue weighted by Gasteiger charge is 2.44. The number of rotatable bonds is 33. The van der Waals surface area contributed by atoms with Crippen LogP contribution in [-0.2, 0) is 23.7 Å². The van der Waals surface area contributed by atoms with E-state index in [1.54, 1.807) is 0 Å². The Hall–Kier alpha value is -1.59. The predicted octanol–water partition coefficient (Wildman–Crippen LogP) is 8.02. The number of hydrogen-bond acceptors (Lipinski definition) is 9. The second-order valence-electron chi connectivity index (χ2n) is 13.7. The molecule has 1 rings (SSSR count). The Morgan fingerprint density at radius 1 is 0.640 bits per heavy atom. The molecule has 0 aromatic heterocycles. The topological polar surface area (TPSA) is 135 Å². The molecule has 0 spiro atoms. The molecule has 0 aromatic carbocycles. The van der Waals surface area contributed by atoms with Gasteiger partial charge in [-0.15, -0.1) is 0 Å². The summed E-state index contributed by atoms with van der Waals surface area (Å²) in [6.07, 6.45) is 30.4. The van der Waals surface area contributed by atoms with Crippen molar-refractivity contribution in [2.75, 3.05) is 26.4 Å². The van der Waals surface area contributed by atoms with Gasteiger partial charge in [-0.25, -0.2) is 0 Å². The van der Waals surface area contributed by atoms with Crippen LogP contribution in [0.4, 0.5) is 0 Å². The van der Waals surface area contributed by atoms with Crippen LogP contribution >= 0.6 is 0 Å². The zero-order valence-corrected chi connectivity index (χ0v) is 31.6. The van der Waals surface area contributed by atoms with Crippen molar-refractivity contribution in [2.24, 2.45) is 0 Å². The van der Waals surface area contributed by atoms with Crippen LogP contribution in [0.3, 0.4) is 0 Å². The van der Waals surface area contributed by atoms with Gasteiger partial charge in [-0.1, -0.05) is 134 Å². The summed E-state index contributed by atoms with van der Waals surface area (Å²) in [5.41, 5.74) is 0. The van der Waals surface area contributed by atoms with E-state index in [0.717, 1.165) is 57.8 Å². The van der Waals surface area contributed by atoms with Crippen LogP contribution < -0.4 is 0 Å². The lowest BCUT2D eigenvalue weighted by Crippen LogP contribution is -2.59. The Balaban J connectivity index is 2.24. The van der Waals surface area contributed by atoms with Crippen LogP contribution in [0.1, 0.15) is 155 Å². The largest absolute Gasteiger partial charge is 0.457 e. The van der Waals surface area contributed by atoms with Crippen molar-refractivity contribution in [3.05, 3.63) is 36.5 Å². The van der Waals surface area contributed by atoms with Gasteiger partial charge in [0.2, 0.25) is 0 Å². The minimum Gasteiger partial charge on any atom is -0.457 e. The summed E-state index contributed by atoms with van der Waals surface area (Å²) in [6, 6.07) is 0. The number of carbonyl (C=O) groups excluding carboxylic acids is 1. The van der Waals surface area contributed by atoms with E-state index in [9.17, 15) is 25.2 Å². The molecule has 9 nitrogen and oxygen atoms in total. The first kappa shape index (κ1) is 46.4. The van der Waals surface area contributed by atoms with Gasteiger partial charge < -0.3 is 39.4 Å². The van der Waals surface area contributed by atoms with E-state index >= 15 is 0 Å². The molecule has 1 saturated heterocycles. The summed E-state index contributed by atoms with van der Waals surface area (Å²) in [5, 5.41) is 39.9. The monoisotopic (exact) mass is 711 g/mol. The summed E-state index contributed by atoms with van der Waals surface area (Å²) in [7, 11) is 0. The number of hydrogen-bond donors (Lipinski definition) is 4. The van der Waals surface area contributed by atoms with E-state index in [2.05, 4.69) is 50.3 Å². The second kappa shape index (κ2) is 33.3. The Bertz CT molecular complexity index is 859. The summed E-state index contributed by atoms with van der Waals surface area (Å²) in [6.45, 7) is 4.45. The van der Waals surface area contributed by atoms with Crippen LogP contribution in [-0.4, -0.2) is 89.6 Å². The van der Waals surface area contributed by atoms with Crippen molar-refractivity contribution in [1.82, 2.24) is 0 Å². The average Bonchev–Trinajstić information content (AvgIpc) is 3.11. The fraction of sp³-hybridized carbons (Fsp3) is 0.829. The summed E-state index contributed by atoms with van der Waals surface area (Å²) in [4.78, 5) is 12.6. The molecule has 0 aliphatic carbocycles. The lowest BCUT2D eigenvalue weighted by Gasteiger charge is -2.39. The molecule has 1 aliphatic heterocycles. The molecular weight excluding hydrogens is 636 g/mol. The van der Waals surface area contributed by atoms with Crippen LogP contribution in [0.15, 0.2) is 36.5 Å². The van der Waals surface area contributed by atoms with Crippen molar-refractivity contribution in [3.63, 3.8) is 0 Å². The number of unbranched alkanes of at least 4 members (excludes halogenated alkanes) is 16. The SMILES string of the molecule is CCCCC/C=C\C/C=C\C/C=C\CCCCCCCCCOCC(COC1OC(CO)C(O)C(O)C1O)OC(=O)CCCCCCCCC. The normalized spacial score (nSPS) is 21.9. The van der Waals surface area contributed by atoms with Crippen LogP contribution in [0, 0.1) is 0 Å². The highest BCUT2D eigenvalue weighted by atomic mass is 16.7. The number of aliphatic hydroxyl groups is 4. The van der Waals surface area contributed by atoms with Crippen molar-refractivity contribution in [3.8, 4) is 0 Å². The molecule has 0 amide bonds. The molecule has 4 N–H and O–H groups in total. The van der Waals surface area contributed by atoms with Gasteiger partial charge in [0.1, 0.15) is 30.5 Å². The minimum absolute atomic E-state index is 0.117. The minimum atomic E-state index is -1.53. The van der Waals surface area contributed by atoms with Gasteiger partial charge >= 0.3 is 5.97 Å². The Labute approximate surface area is 304 Å².